The van der Waals surface area contributed by atoms with Crippen molar-refractivity contribution in [1.82, 2.24) is 0 Å². The molecule has 0 amide bonds. The van der Waals surface area contributed by atoms with Gasteiger partial charge in [-0.3, -0.25) is 0 Å². The first kappa shape index (κ1) is 10.5. The fourth-order valence-corrected chi connectivity index (χ4v) is 3.93. The van der Waals surface area contributed by atoms with Crippen molar-refractivity contribution >= 4 is 0 Å². The standard InChI is InChI=1S/C14H26/c1-2-12-8-6-7-11-14(12)13-9-4-3-5-10-13/h12-14H,2-11H2,1H3. The zero-order valence-electron chi connectivity index (χ0n) is 9.80. The van der Waals surface area contributed by atoms with E-state index in [0.29, 0.717) is 0 Å². The van der Waals surface area contributed by atoms with Crippen LogP contribution in [0.4, 0.5) is 0 Å². The van der Waals surface area contributed by atoms with Crippen molar-refractivity contribution in [2.45, 2.75) is 71.1 Å². The molecule has 0 nitrogen and oxygen atoms in total. The van der Waals surface area contributed by atoms with Crippen LogP contribution in [0, 0.1) is 17.8 Å². The van der Waals surface area contributed by atoms with Crippen molar-refractivity contribution in [3.05, 3.63) is 0 Å². The Morgan fingerprint density at radius 1 is 0.786 bits per heavy atom. The van der Waals surface area contributed by atoms with Crippen molar-refractivity contribution in [3.63, 3.8) is 0 Å². The number of rotatable bonds is 2. The van der Waals surface area contributed by atoms with Crippen LogP contribution in [0.2, 0.25) is 0 Å². The molecule has 0 spiro atoms. The number of hydrogen-bond acceptors (Lipinski definition) is 0. The molecule has 2 rings (SSSR count). The van der Waals surface area contributed by atoms with E-state index in [4.69, 9.17) is 0 Å². The maximum Gasteiger partial charge on any atom is -0.0358 e. The van der Waals surface area contributed by atoms with Crippen LogP contribution in [0.1, 0.15) is 71.1 Å². The lowest BCUT2D eigenvalue weighted by atomic mass is 9.67. The van der Waals surface area contributed by atoms with Crippen LogP contribution in [-0.4, -0.2) is 0 Å². The molecule has 0 radical (unpaired) electrons. The zero-order valence-corrected chi connectivity index (χ0v) is 9.80. The van der Waals surface area contributed by atoms with Crippen LogP contribution >= 0.6 is 0 Å². The third-order valence-corrected chi connectivity index (χ3v) is 4.75. The van der Waals surface area contributed by atoms with E-state index in [0.717, 1.165) is 17.8 Å². The summed E-state index contributed by atoms with van der Waals surface area (Å²) in [6, 6.07) is 0. The van der Waals surface area contributed by atoms with Crippen molar-refractivity contribution in [2.24, 2.45) is 17.8 Å². The van der Waals surface area contributed by atoms with Gasteiger partial charge in [0.25, 0.3) is 0 Å². The molecule has 0 bridgehead atoms. The van der Waals surface area contributed by atoms with Gasteiger partial charge in [-0.25, -0.2) is 0 Å². The summed E-state index contributed by atoms with van der Waals surface area (Å²) < 4.78 is 0. The molecular weight excluding hydrogens is 168 g/mol. The van der Waals surface area contributed by atoms with E-state index in [1.165, 1.54) is 44.9 Å². The molecule has 2 saturated carbocycles. The summed E-state index contributed by atoms with van der Waals surface area (Å²) in [7, 11) is 0. The lowest BCUT2D eigenvalue weighted by molar-refractivity contribution is 0.125. The van der Waals surface area contributed by atoms with E-state index >= 15 is 0 Å². The van der Waals surface area contributed by atoms with Gasteiger partial charge < -0.3 is 0 Å². The molecule has 0 N–H and O–H groups in total. The van der Waals surface area contributed by atoms with Crippen LogP contribution in [0.3, 0.4) is 0 Å². The molecule has 14 heavy (non-hydrogen) atoms. The second-order valence-corrected chi connectivity index (χ2v) is 5.51. The summed E-state index contributed by atoms with van der Waals surface area (Å²) >= 11 is 0. The normalized spacial score (nSPS) is 35.8. The summed E-state index contributed by atoms with van der Waals surface area (Å²) in [6.07, 6.45) is 15.3. The van der Waals surface area contributed by atoms with E-state index in [2.05, 4.69) is 6.92 Å². The van der Waals surface area contributed by atoms with Gasteiger partial charge in [-0.05, 0) is 24.2 Å². The van der Waals surface area contributed by atoms with Gasteiger partial charge in [-0.1, -0.05) is 64.7 Å². The van der Waals surface area contributed by atoms with Gasteiger partial charge in [0, 0.05) is 0 Å². The van der Waals surface area contributed by atoms with Gasteiger partial charge >= 0.3 is 0 Å². The van der Waals surface area contributed by atoms with Crippen LogP contribution in [-0.2, 0) is 0 Å². The molecule has 0 aromatic carbocycles. The van der Waals surface area contributed by atoms with Gasteiger partial charge in [-0.2, -0.15) is 0 Å². The quantitative estimate of drug-likeness (QED) is 0.593. The predicted molar refractivity (Wildman–Crippen MR) is 62.3 cm³/mol. The minimum Gasteiger partial charge on any atom is -0.0651 e. The lowest BCUT2D eigenvalue weighted by Crippen LogP contribution is -2.28. The fraction of sp³-hybridized carbons (Fsp3) is 1.00. The molecule has 2 aliphatic carbocycles. The lowest BCUT2D eigenvalue weighted by Gasteiger charge is -2.38. The monoisotopic (exact) mass is 194 g/mol. The predicted octanol–water partition coefficient (Wildman–Crippen LogP) is 4.78. The van der Waals surface area contributed by atoms with Crippen LogP contribution in [0.15, 0.2) is 0 Å². The molecule has 2 fully saturated rings. The Balaban J connectivity index is 1.91. The van der Waals surface area contributed by atoms with Crippen LogP contribution < -0.4 is 0 Å². The van der Waals surface area contributed by atoms with E-state index < -0.39 is 0 Å². The Morgan fingerprint density at radius 3 is 2.14 bits per heavy atom. The summed E-state index contributed by atoms with van der Waals surface area (Å²) in [4.78, 5) is 0. The fourth-order valence-electron chi connectivity index (χ4n) is 3.93. The Hall–Kier alpha value is 0. The van der Waals surface area contributed by atoms with Crippen molar-refractivity contribution in [3.8, 4) is 0 Å². The molecule has 0 aromatic heterocycles. The average Bonchev–Trinajstić information content (AvgIpc) is 2.30. The molecule has 2 unspecified atom stereocenters. The van der Waals surface area contributed by atoms with Crippen LogP contribution in [0.25, 0.3) is 0 Å². The maximum atomic E-state index is 2.41. The Bertz CT molecular complexity index is 155. The SMILES string of the molecule is CCC1CCCCC1C1CCCCC1. The first-order valence-corrected chi connectivity index (χ1v) is 6.92. The molecule has 82 valence electrons. The highest BCUT2D eigenvalue weighted by molar-refractivity contribution is 4.82. The molecule has 2 aliphatic rings. The van der Waals surface area contributed by atoms with E-state index in [1.807, 2.05) is 0 Å². The van der Waals surface area contributed by atoms with Crippen molar-refractivity contribution in [2.75, 3.05) is 0 Å². The summed E-state index contributed by atoms with van der Waals surface area (Å²) in [6.45, 7) is 2.41. The van der Waals surface area contributed by atoms with Gasteiger partial charge in [0.05, 0.1) is 0 Å². The molecule has 0 heterocycles. The first-order chi connectivity index (χ1) is 6.92. The average molecular weight is 194 g/mol. The Kier molecular flexibility index (Phi) is 3.89. The number of hydrogen-bond donors (Lipinski definition) is 0. The summed E-state index contributed by atoms with van der Waals surface area (Å²) in [5.41, 5.74) is 0. The van der Waals surface area contributed by atoms with Gasteiger partial charge in [0.15, 0.2) is 0 Å². The maximum absolute atomic E-state index is 2.41. The highest BCUT2D eigenvalue weighted by Crippen LogP contribution is 2.42. The van der Waals surface area contributed by atoms with E-state index in [1.54, 1.807) is 19.3 Å². The second kappa shape index (κ2) is 5.19. The smallest absolute Gasteiger partial charge is 0.0358 e. The van der Waals surface area contributed by atoms with E-state index in [9.17, 15) is 0 Å². The second-order valence-electron chi connectivity index (χ2n) is 5.51. The third kappa shape index (κ3) is 2.32. The molecule has 2 atom stereocenters. The minimum absolute atomic E-state index is 1.09. The molecule has 0 aliphatic heterocycles. The summed E-state index contributed by atoms with van der Waals surface area (Å²) in [5, 5.41) is 0. The van der Waals surface area contributed by atoms with Gasteiger partial charge in [-0.15, -0.1) is 0 Å². The van der Waals surface area contributed by atoms with Gasteiger partial charge in [0.1, 0.15) is 0 Å². The highest BCUT2D eigenvalue weighted by atomic mass is 14.4. The Morgan fingerprint density at radius 2 is 1.43 bits per heavy atom. The van der Waals surface area contributed by atoms with Crippen molar-refractivity contribution < 1.29 is 0 Å². The van der Waals surface area contributed by atoms with Crippen LogP contribution in [0.5, 0.6) is 0 Å². The van der Waals surface area contributed by atoms with E-state index in [-0.39, 0.29) is 0 Å². The largest absolute Gasteiger partial charge is 0.0651 e. The summed E-state index contributed by atoms with van der Waals surface area (Å²) in [5.74, 6) is 3.33. The highest BCUT2D eigenvalue weighted by Gasteiger charge is 2.31. The third-order valence-electron chi connectivity index (χ3n) is 4.75. The molecule has 0 aromatic rings. The molecular formula is C14H26. The topological polar surface area (TPSA) is 0 Å². The first-order valence-electron chi connectivity index (χ1n) is 6.92. The van der Waals surface area contributed by atoms with Gasteiger partial charge in [0.2, 0.25) is 0 Å². The zero-order chi connectivity index (χ0) is 9.80. The molecule has 0 saturated heterocycles. The minimum atomic E-state index is 1.09. The Labute approximate surface area is 89.5 Å². The van der Waals surface area contributed by atoms with Crippen molar-refractivity contribution in [1.29, 1.82) is 0 Å². The molecule has 0 heteroatoms.